The monoisotopic (exact) mass is 291 g/mol. The van der Waals surface area contributed by atoms with Crippen molar-refractivity contribution in [3.63, 3.8) is 0 Å². The zero-order chi connectivity index (χ0) is 15.5. The number of rotatable bonds is 2. The Bertz CT molecular complexity index is 709. The van der Waals surface area contributed by atoms with Crippen molar-refractivity contribution in [3.8, 4) is 0 Å². The Morgan fingerprint density at radius 1 is 0.682 bits per heavy atom. The molecule has 0 saturated carbocycles. The molecule has 1 N–H and O–H groups in total. The molecular weight excluding hydrogens is 278 g/mol. The molecular formula is C18H13NO3. The second-order valence-electron chi connectivity index (χ2n) is 4.86. The number of benzene rings is 2. The maximum Gasteiger partial charge on any atom is 0.285 e. The molecule has 2 aromatic rings. The maximum absolute atomic E-state index is 12.1. The van der Waals surface area contributed by atoms with Crippen molar-refractivity contribution in [2.45, 2.75) is 0 Å². The quantitative estimate of drug-likeness (QED) is 0.526. The smallest absolute Gasteiger partial charge is 0.278 e. The summed E-state index contributed by atoms with van der Waals surface area (Å²) in [6.45, 7) is 0. The molecule has 3 rings (SSSR count). The summed E-state index contributed by atoms with van der Waals surface area (Å²) in [4.78, 5) is 24.1. The standard InChI is InChI=1S/C18H13NO3/c20-17-15(11-13-7-3-1-4-8-13)16(18(21)19(17)22)12-14-9-5-2-6-10-14/h1-12,22H. The minimum absolute atomic E-state index is 0.156. The Labute approximate surface area is 127 Å². The summed E-state index contributed by atoms with van der Waals surface area (Å²) < 4.78 is 0. The van der Waals surface area contributed by atoms with Gasteiger partial charge in [0.15, 0.2) is 0 Å². The molecule has 0 atom stereocenters. The summed E-state index contributed by atoms with van der Waals surface area (Å²) in [5, 5.41) is 9.77. The van der Waals surface area contributed by atoms with Crippen LogP contribution in [-0.4, -0.2) is 22.1 Å². The van der Waals surface area contributed by atoms with E-state index in [1.807, 2.05) is 60.7 Å². The van der Waals surface area contributed by atoms with Gasteiger partial charge in [-0.3, -0.25) is 14.8 Å². The summed E-state index contributed by atoms with van der Waals surface area (Å²) in [6.07, 6.45) is 3.20. The fraction of sp³-hybridized carbons (Fsp3) is 0. The van der Waals surface area contributed by atoms with Gasteiger partial charge in [-0.1, -0.05) is 60.7 Å². The van der Waals surface area contributed by atoms with E-state index in [-0.39, 0.29) is 16.2 Å². The molecule has 22 heavy (non-hydrogen) atoms. The van der Waals surface area contributed by atoms with Crippen molar-refractivity contribution in [3.05, 3.63) is 82.9 Å². The van der Waals surface area contributed by atoms with Crippen LogP contribution < -0.4 is 0 Å². The van der Waals surface area contributed by atoms with Crippen LogP contribution in [0, 0.1) is 0 Å². The van der Waals surface area contributed by atoms with Gasteiger partial charge in [-0.25, -0.2) is 0 Å². The Morgan fingerprint density at radius 3 is 1.41 bits per heavy atom. The van der Waals surface area contributed by atoms with Crippen LogP contribution in [0.1, 0.15) is 11.1 Å². The van der Waals surface area contributed by atoms with Crippen LogP contribution >= 0.6 is 0 Å². The van der Waals surface area contributed by atoms with Crippen molar-refractivity contribution in [1.82, 2.24) is 5.06 Å². The molecule has 4 heteroatoms. The summed E-state index contributed by atoms with van der Waals surface area (Å²) >= 11 is 0. The molecule has 0 aromatic heterocycles. The maximum atomic E-state index is 12.1. The topological polar surface area (TPSA) is 57.6 Å². The predicted octanol–water partition coefficient (Wildman–Crippen LogP) is 2.91. The molecule has 0 spiro atoms. The lowest BCUT2D eigenvalue weighted by Crippen LogP contribution is -2.25. The first kappa shape index (κ1) is 14.0. The first-order valence-electron chi connectivity index (χ1n) is 6.78. The first-order valence-corrected chi connectivity index (χ1v) is 6.78. The predicted molar refractivity (Wildman–Crippen MR) is 82.5 cm³/mol. The highest BCUT2D eigenvalue weighted by atomic mass is 16.5. The molecule has 108 valence electrons. The van der Waals surface area contributed by atoms with Gasteiger partial charge in [0.1, 0.15) is 0 Å². The average molecular weight is 291 g/mol. The summed E-state index contributed by atoms with van der Waals surface area (Å²) in [5.41, 5.74) is 1.94. The number of hydrogen-bond acceptors (Lipinski definition) is 3. The van der Waals surface area contributed by atoms with Crippen molar-refractivity contribution < 1.29 is 14.8 Å². The first-order chi connectivity index (χ1) is 10.7. The van der Waals surface area contributed by atoms with E-state index in [1.54, 1.807) is 12.2 Å². The minimum Gasteiger partial charge on any atom is -0.278 e. The lowest BCUT2D eigenvalue weighted by molar-refractivity contribution is -0.168. The number of imide groups is 1. The van der Waals surface area contributed by atoms with Crippen molar-refractivity contribution >= 4 is 24.0 Å². The summed E-state index contributed by atoms with van der Waals surface area (Å²) in [7, 11) is 0. The fourth-order valence-corrected chi connectivity index (χ4v) is 2.26. The molecule has 0 radical (unpaired) electrons. The van der Waals surface area contributed by atoms with E-state index in [2.05, 4.69) is 0 Å². The normalized spacial score (nSPS) is 18.5. The highest BCUT2D eigenvalue weighted by Crippen LogP contribution is 2.27. The number of hydroxylamine groups is 2. The zero-order valence-corrected chi connectivity index (χ0v) is 11.6. The van der Waals surface area contributed by atoms with Crippen molar-refractivity contribution in [1.29, 1.82) is 0 Å². The Morgan fingerprint density at radius 2 is 1.05 bits per heavy atom. The lowest BCUT2D eigenvalue weighted by atomic mass is 10.0. The van der Waals surface area contributed by atoms with E-state index in [0.717, 1.165) is 11.1 Å². The van der Waals surface area contributed by atoms with Crippen LogP contribution in [0.25, 0.3) is 12.2 Å². The summed E-state index contributed by atoms with van der Waals surface area (Å²) in [6, 6.07) is 18.4. The Balaban J connectivity index is 2.09. The van der Waals surface area contributed by atoms with Gasteiger partial charge in [-0.05, 0) is 23.3 Å². The fourth-order valence-electron chi connectivity index (χ4n) is 2.26. The van der Waals surface area contributed by atoms with Gasteiger partial charge in [-0.2, -0.15) is 0 Å². The average Bonchev–Trinajstić information content (AvgIpc) is 2.75. The second-order valence-corrected chi connectivity index (χ2v) is 4.86. The van der Waals surface area contributed by atoms with Crippen molar-refractivity contribution in [2.75, 3.05) is 0 Å². The summed E-state index contributed by atoms with van der Waals surface area (Å²) in [5.74, 6) is -1.42. The van der Waals surface area contributed by atoms with Gasteiger partial charge < -0.3 is 0 Å². The van der Waals surface area contributed by atoms with Crippen LogP contribution in [-0.2, 0) is 9.59 Å². The molecule has 0 aliphatic carbocycles. The van der Waals surface area contributed by atoms with Gasteiger partial charge in [0.05, 0.1) is 11.1 Å². The number of amides is 2. The molecule has 4 nitrogen and oxygen atoms in total. The van der Waals surface area contributed by atoms with E-state index >= 15 is 0 Å². The minimum atomic E-state index is -0.712. The van der Waals surface area contributed by atoms with Crippen molar-refractivity contribution in [2.24, 2.45) is 0 Å². The van der Waals surface area contributed by atoms with E-state index in [0.29, 0.717) is 0 Å². The molecule has 1 saturated heterocycles. The second kappa shape index (κ2) is 5.79. The van der Waals surface area contributed by atoms with Gasteiger partial charge in [0, 0.05) is 0 Å². The highest BCUT2D eigenvalue weighted by molar-refractivity contribution is 6.27. The number of hydrogen-bond donors (Lipinski definition) is 1. The Hall–Kier alpha value is -2.98. The third-order valence-electron chi connectivity index (χ3n) is 3.36. The van der Waals surface area contributed by atoms with Gasteiger partial charge >= 0.3 is 0 Å². The largest absolute Gasteiger partial charge is 0.285 e. The number of nitrogens with zero attached hydrogens (tertiary/aromatic N) is 1. The van der Waals surface area contributed by atoms with Gasteiger partial charge in [-0.15, -0.1) is 5.06 Å². The highest BCUT2D eigenvalue weighted by Gasteiger charge is 2.38. The third-order valence-corrected chi connectivity index (χ3v) is 3.36. The van der Waals surface area contributed by atoms with E-state index in [9.17, 15) is 14.8 Å². The van der Waals surface area contributed by atoms with Crippen LogP contribution in [0.5, 0.6) is 0 Å². The third kappa shape index (κ3) is 2.60. The number of carbonyl (C=O) groups excluding carboxylic acids is 2. The van der Waals surface area contributed by atoms with Gasteiger partial charge in [0.25, 0.3) is 11.8 Å². The molecule has 2 amide bonds. The van der Waals surface area contributed by atoms with E-state index in [4.69, 9.17) is 0 Å². The van der Waals surface area contributed by atoms with Gasteiger partial charge in [0.2, 0.25) is 0 Å². The van der Waals surface area contributed by atoms with Crippen LogP contribution in [0.3, 0.4) is 0 Å². The van der Waals surface area contributed by atoms with Crippen LogP contribution in [0.15, 0.2) is 71.8 Å². The van der Waals surface area contributed by atoms with E-state index in [1.165, 1.54) is 0 Å². The molecule has 1 fully saturated rings. The zero-order valence-electron chi connectivity index (χ0n) is 11.6. The lowest BCUT2D eigenvalue weighted by Gasteiger charge is -1.99. The molecule has 1 aliphatic rings. The molecule has 2 aromatic carbocycles. The molecule has 0 unspecified atom stereocenters. The molecule has 1 aliphatic heterocycles. The number of carbonyl (C=O) groups is 2. The molecule has 0 bridgehead atoms. The van der Waals surface area contributed by atoms with E-state index < -0.39 is 11.8 Å². The molecule has 1 heterocycles. The Kier molecular flexibility index (Phi) is 3.68. The van der Waals surface area contributed by atoms with Crippen LogP contribution in [0.4, 0.5) is 0 Å². The SMILES string of the molecule is O=C1C(=Cc2ccccc2)C(=Cc2ccccc2)C(=O)N1O. The van der Waals surface area contributed by atoms with Crippen LogP contribution in [0.2, 0.25) is 0 Å².